The van der Waals surface area contributed by atoms with E-state index in [4.69, 9.17) is 29.3 Å². The predicted octanol–water partition coefficient (Wildman–Crippen LogP) is 9.75. The zero-order chi connectivity index (χ0) is 48.8. The molecule has 0 unspecified atom stereocenters. The van der Waals surface area contributed by atoms with Crippen molar-refractivity contribution in [1.29, 1.82) is 0 Å². The number of carbonyl (C=O) groups is 1. The van der Waals surface area contributed by atoms with Crippen molar-refractivity contribution in [1.82, 2.24) is 30.2 Å². The monoisotopic (exact) mass is 1020 g/mol. The number of fused-ring (bicyclic) bond motifs is 2. The summed E-state index contributed by atoms with van der Waals surface area (Å²) in [6, 6.07) is 26.3. The normalized spacial score (nSPS) is 18.3. The highest BCUT2D eigenvalue weighted by atomic mass is 79.9. The van der Waals surface area contributed by atoms with E-state index >= 15 is 0 Å². The van der Waals surface area contributed by atoms with E-state index in [9.17, 15) is 20.1 Å². The summed E-state index contributed by atoms with van der Waals surface area (Å²) in [5.74, 6) is 2.80. The van der Waals surface area contributed by atoms with Gasteiger partial charge in [0, 0.05) is 65.6 Å². The molecule has 16 nitrogen and oxygen atoms in total. The number of ether oxygens (including phenoxy) is 1. The van der Waals surface area contributed by atoms with Crippen LogP contribution in [0.3, 0.4) is 0 Å². The van der Waals surface area contributed by atoms with Crippen molar-refractivity contribution < 1.29 is 34.4 Å². The predicted molar refractivity (Wildman–Crippen MR) is 280 cm³/mol. The number of carbonyl (C=O) groups excluding carboxylic acids is 3. The van der Waals surface area contributed by atoms with Crippen LogP contribution in [-0.4, -0.2) is 115 Å². The topological polar surface area (TPSA) is 224 Å². The molecule has 0 aliphatic carbocycles. The number of rotatable bonds is 9. The number of nitrogens with zero attached hydrogens (tertiary/aromatic N) is 6. The summed E-state index contributed by atoms with van der Waals surface area (Å²) in [5.41, 5.74) is 3.32. The number of aliphatic imine (C=N–C) groups is 1. The van der Waals surface area contributed by atoms with Gasteiger partial charge in [0.25, 0.3) is 0 Å². The summed E-state index contributed by atoms with van der Waals surface area (Å²) in [5, 5.41) is 44.0. The molecular formula is C53H64BrN9O7. The average molecular weight is 1020 g/mol. The molecular weight excluding hydrogens is 955 g/mol. The lowest BCUT2D eigenvalue weighted by Crippen LogP contribution is -2.42. The Morgan fingerprint density at radius 1 is 0.800 bits per heavy atom. The van der Waals surface area contributed by atoms with Crippen molar-refractivity contribution in [3.63, 3.8) is 0 Å². The molecule has 4 atom stereocenters. The minimum atomic E-state index is -0.823. The Hall–Kier alpha value is -6.78. The number of para-hydroxylation sites is 2. The van der Waals surface area contributed by atoms with Crippen molar-refractivity contribution >= 4 is 73.4 Å². The fourth-order valence-corrected chi connectivity index (χ4v) is 8.95. The van der Waals surface area contributed by atoms with Gasteiger partial charge >= 0.3 is 12.2 Å². The number of anilines is 2. The van der Waals surface area contributed by atoms with Gasteiger partial charge in [-0.2, -0.15) is 9.59 Å². The number of allylic oxidation sites excluding steroid dienone is 1. The fraction of sp³-hybridized carbons (Fsp3) is 0.377. The van der Waals surface area contributed by atoms with Gasteiger partial charge in [-0.25, -0.2) is 24.7 Å². The summed E-state index contributed by atoms with van der Waals surface area (Å²) in [6.45, 7) is 14.7. The van der Waals surface area contributed by atoms with Crippen LogP contribution in [0.5, 0.6) is 11.5 Å². The summed E-state index contributed by atoms with van der Waals surface area (Å²) in [6.07, 6.45) is 4.76. The van der Waals surface area contributed by atoms with Gasteiger partial charge in [-0.3, -0.25) is 4.99 Å². The van der Waals surface area contributed by atoms with Crippen LogP contribution in [0.25, 0.3) is 50.2 Å². The fourth-order valence-electron chi connectivity index (χ4n) is 8.59. The van der Waals surface area contributed by atoms with E-state index in [-0.39, 0.29) is 62.5 Å². The van der Waals surface area contributed by atoms with Gasteiger partial charge in [-0.05, 0) is 113 Å². The summed E-state index contributed by atoms with van der Waals surface area (Å²) < 4.78 is 6.42. The van der Waals surface area contributed by atoms with Crippen molar-refractivity contribution in [2.75, 3.05) is 43.4 Å². The number of amides is 1. The first-order chi connectivity index (χ1) is 32.5. The third kappa shape index (κ3) is 12.9. The van der Waals surface area contributed by atoms with Crippen molar-refractivity contribution in [2.24, 2.45) is 16.8 Å². The number of phenolic OH excluding ortho intramolecular Hbond substituents is 2. The maximum absolute atomic E-state index is 12.7. The van der Waals surface area contributed by atoms with Gasteiger partial charge in [0.2, 0.25) is 0 Å². The second-order valence-electron chi connectivity index (χ2n) is 18.4. The Balaban J connectivity index is 0.000000241. The highest BCUT2D eigenvalue weighted by Gasteiger charge is 2.39. The smallest absolute Gasteiger partial charge is 0.410 e. The number of likely N-dealkylation sites (tertiary alicyclic amines) is 1. The average Bonchev–Trinajstić information content (AvgIpc) is 4.10. The van der Waals surface area contributed by atoms with E-state index in [1.54, 1.807) is 29.2 Å². The Morgan fingerprint density at radius 3 is 1.90 bits per heavy atom. The van der Waals surface area contributed by atoms with Gasteiger partial charge in [0.1, 0.15) is 28.7 Å². The van der Waals surface area contributed by atoms with Crippen molar-refractivity contribution in [2.45, 2.75) is 86.1 Å². The van der Waals surface area contributed by atoms with Crippen LogP contribution < -0.4 is 16.0 Å². The van der Waals surface area contributed by atoms with E-state index in [1.807, 2.05) is 108 Å². The van der Waals surface area contributed by atoms with Crippen LogP contribution in [0.2, 0.25) is 0 Å². The lowest BCUT2D eigenvalue weighted by Gasteiger charge is -2.31. The first-order valence-electron chi connectivity index (χ1n) is 22.5. The molecule has 2 saturated heterocycles. The summed E-state index contributed by atoms with van der Waals surface area (Å²) >= 11 is 3.46. The summed E-state index contributed by atoms with van der Waals surface area (Å²) in [7, 11) is 0. The molecule has 0 saturated carbocycles. The van der Waals surface area contributed by atoms with Gasteiger partial charge in [0.15, 0.2) is 11.6 Å². The van der Waals surface area contributed by atoms with E-state index in [1.165, 1.54) is 0 Å². The van der Waals surface area contributed by atoms with E-state index in [0.29, 0.717) is 54.0 Å². The SMILES string of the molecule is C.C.CC(C)(O)[C@@H]1CNC[C@H]1Nc1nc(-c2cc(C3=CCN=C3)ccc2O)nc2ccccc12.CC[C@@H]1CN(C(=O)OC(C)(C)C)C[C@H]1Nc1nc(-c2cc(Br)ccc2O)nc2ccccc12.O=C=O. The third-order valence-electron chi connectivity index (χ3n) is 12.0. The number of halogens is 1. The molecule has 4 aromatic carbocycles. The van der Waals surface area contributed by atoms with Crippen LogP contribution in [0.4, 0.5) is 16.4 Å². The first kappa shape index (κ1) is 54.2. The molecule has 2 fully saturated rings. The third-order valence-corrected chi connectivity index (χ3v) is 12.5. The molecule has 5 heterocycles. The Labute approximate surface area is 417 Å². The van der Waals surface area contributed by atoms with Gasteiger partial charge < -0.3 is 40.9 Å². The minimum absolute atomic E-state index is 0. The molecule has 0 spiro atoms. The largest absolute Gasteiger partial charge is 0.507 e. The molecule has 0 radical (unpaired) electrons. The zero-order valence-corrected chi connectivity index (χ0v) is 40.4. The molecule has 9 rings (SSSR count). The molecule has 6 aromatic rings. The second kappa shape index (κ2) is 23.2. The van der Waals surface area contributed by atoms with Crippen molar-refractivity contribution in [3.05, 3.63) is 101 Å². The molecule has 70 heavy (non-hydrogen) atoms. The molecule has 3 aliphatic heterocycles. The number of aliphatic hydroxyl groups is 1. The molecule has 3 aliphatic rings. The number of nitrogens with one attached hydrogen (secondary N) is 3. The quantitative estimate of drug-likeness (QED) is 0.0793. The van der Waals surface area contributed by atoms with E-state index in [0.717, 1.165) is 56.9 Å². The Kier molecular flexibility index (Phi) is 18.0. The highest BCUT2D eigenvalue weighted by molar-refractivity contribution is 9.10. The standard InChI is InChI=1S/C25H29BrN4O3.C25H27N5O2.CO2.2CH4/c1-5-15-13-30(24(32)33-25(2,3)4)14-20(15)28-22-17-8-6-7-9-19(17)27-23(29-22)18-12-16(26)10-11-21(18)31;1-25(2,32)19-13-27-14-21(19)29-23-17-5-3-4-6-20(17)28-24(30-23)18-11-15(7-8-22(18)31)16-9-10-26-12-16;2-1-3;;/h6-12,15,20,31H,5,13-14H2,1-4H3,(H,27,28,29);3-9,11-12,19,21,27,31-32H,10,13-14H2,1-2H3,(H,28,29,30);;2*1H4/t15-,20-;19-,21-;;;/m11.../s1. The van der Waals surface area contributed by atoms with Gasteiger partial charge in [-0.15, -0.1) is 0 Å². The minimum Gasteiger partial charge on any atom is -0.507 e. The highest BCUT2D eigenvalue weighted by Crippen LogP contribution is 2.36. The van der Waals surface area contributed by atoms with Crippen LogP contribution in [0.15, 0.2) is 100 Å². The maximum Gasteiger partial charge on any atom is 0.410 e. The molecule has 2 aromatic heterocycles. The number of phenols is 2. The van der Waals surface area contributed by atoms with Crippen LogP contribution >= 0.6 is 15.9 Å². The maximum atomic E-state index is 12.7. The Bertz CT molecular complexity index is 2890. The zero-order valence-electron chi connectivity index (χ0n) is 38.8. The Morgan fingerprint density at radius 2 is 1.36 bits per heavy atom. The molecule has 0 bridgehead atoms. The second-order valence-corrected chi connectivity index (χ2v) is 19.3. The lowest BCUT2D eigenvalue weighted by atomic mass is 9.87. The number of aromatic hydroxyl groups is 2. The first-order valence-corrected chi connectivity index (χ1v) is 23.2. The molecule has 370 valence electrons. The van der Waals surface area contributed by atoms with Gasteiger partial charge in [0.05, 0.1) is 34.3 Å². The van der Waals surface area contributed by atoms with E-state index in [2.05, 4.69) is 48.8 Å². The van der Waals surface area contributed by atoms with Gasteiger partial charge in [-0.1, -0.05) is 74.1 Å². The molecule has 6 N–H and O–H groups in total. The van der Waals surface area contributed by atoms with Crippen LogP contribution in [0, 0.1) is 11.8 Å². The number of hydrogen-bond donors (Lipinski definition) is 6. The number of aromatic nitrogens is 4. The van der Waals surface area contributed by atoms with Crippen LogP contribution in [0.1, 0.15) is 68.4 Å². The van der Waals surface area contributed by atoms with E-state index < -0.39 is 11.2 Å². The number of benzene rings is 4. The lowest BCUT2D eigenvalue weighted by molar-refractivity contribution is -0.191. The molecule has 17 heteroatoms. The van der Waals surface area contributed by atoms with Crippen molar-refractivity contribution in [3.8, 4) is 34.3 Å². The van der Waals surface area contributed by atoms with Crippen LogP contribution in [-0.2, 0) is 14.3 Å². The number of hydrogen-bond acceptors (Lipinski definition) is 15. The molecule has 1 amide bonds. The summed E-state index contributed by atoms with van der Waals surface area (Å²) in [4.78, 5) is 54.0.